The van der Waals surface area contributed by atoms with Gasteiger partial charge in [-0.3, -0.25) is 9.79 Å². The lowest BCUT2D eigenvalue weighted by atomic mass is 9.89. The van der Waals surface area contributed by atoms with E-state index in [4.69, 9.17) is 17.3 Å². The van der Waals surface area contributed by atoms with E-state index in [1.165, 1.54) is 0 Å². The van der Waals surface area contributed by atoms with Crippen LogP contribution in [0.1, 0.15) is 29.3 Å². The monoisotopic (exact) mass is 359 g/mol. The number of carbonyl (C=O) groups is 1. The third kappa shape index (κ3) is 3.57. The quantitative estimate of drug-likeness (QED) is 0.860. The number of amidine groups is 1. The summed E-state index contributed by atoms with van der Waals surface area (Å²) >= 11 is 7.65. The van der Waals surface area contributed by atoms with Crippen molar-refractivity contribution in [3.8, 4) is 0 Å². The molecular weight excluding hydrogens is 342 g/mol. The molecule has 1 aliphatic rings. The molecule has 2 aromatic rings. The first-order valence-corrected chi connectivity index (χ1v) is 8.99. The Balaban J connectivity index is 1.85. The number of halogens is 1. The summed E-state index contributed by atoms with van der Waals surface area (Å²) < 4.78 is 0. The molecule has 24 heavy (non-hydrogen) atoms. The summed E-state index contributed by atoms with van der Waals surface area (Å²) in [5.41, 5.74) is 7.72. The fourth-order valence-electron chi connectivity index (χ4n) is 2.67. The Kier molecular flexibility index (Phi) is 4.83. The van der Waals surface area contributed by atoms with Crippen LogP contribution in [0.3, 0.4) is 0 Å². The van der Waals surface area contributed by atoms with Gasteiger partial charge in [0, 0.05) is 11.4 Å². The second kappa shape index (κ2) is 6.87. The lowest BCUT2D eigenvalue weighted by Gasteiger charge is -2.30. The highest BCUT2D eigenvalue weighted by Gasteiger charge is 2.29. The normalized spacial score (nSPS) is 20.3. The number of hydrogen-bond acceptors (Lipinski definition) is 4. The molecule has 2 aromatic carbocycles. The minimum atomic E-state index is -0.361. The molecule has 1 amide bonds. The average molecular weight is 360 g/mol. The molecule has 0 aliphatic carbocycles. The van der Waals surface area contributed by atoms with E-state index in [-0.39, 0.29) is 11.4 Å². The molecule has 6 heteroatoms. The van der Waals surface area contributed by atoms with Gasteiger partial charge in [-0.1, -0.05) is 47.6 Å². The fourth-order valence-corrected chi connectivity index (χ4v) is 3.87. The van der Waals surface area contributed by atoms with E-state index in [2.05, 4.69) is 17.2 Å². The molecule has 3 N–H and O–H groups in total. The van der Waals surface area contributed by atoms with Crippen molar-refractivity contribution in [3.05, 3.63) is 64.7 Å². The Hall–Kier alpha value is -1.98. The van der Waals surface area contributed by atoms with E-state index in [9.17, 15) is 4.79 Å². The molecular formula is C18H18ClN3OS. The molecule has 0 fully saturated rings. The SMILES string of the molecule is CC1(c2cccc(NC(=O)c3ccccc3Cl)c2)CCSC(N)=N1. The van der Waals surface area contributed by atoms with Crippen LogP contribution in [0.2, 0.25) is 5.02 Å². The first-order chi connectivity index (χ1) is 11.5. The summed E-state index contributed by atoms with van der Waals surface area (Å²) in [4.78, 5) is 17.0. The van der Waals surface area contributed by atoms with Crippen molar-refractivity contribution >= 4 is 40.1 Å². The van der Waals surface area contributed by atoms with Crippen molar-refractivity contribution in [2.24, 2.45) is 10.7 Å². The number of amides is 1. The van der Waals surface area contributed by atoms with E-state index >= 15 is 0 Å². The minimum Gasteiger partial charge on any atom is -0.379 e. The van der Waals surface area contributed by atoms with Crippen molar-refractivity contribution in [1.82, 2.24) is 0 Å². The Morgan fingerprint density at radius 2 is 2.08 bits per heavy atom. The third-order valence-corrected chi connectivity index (χ3v) is 5.18. The summed E-state index contributed by atoms with van der Waals surface area (Å²) in [6.07, 6.45) is 0.903. The molecule has 0 aromatic heterocycles. The minimum absolute atomic E-state index is 0.231. The van der Waals surface area contributed by atoms with E-state index in [1.807, 2.05) is 24.3 Å². The number of carbonyl (C=O) groups excluding carboxylic acids is 1. The number of nitrogens with two attached hydrogens (primary N) is 1. The Bertz CT molecular complexity index is 808. The number of thioether (sulfide) groups is 1. The summed E-state index contributed by atoms with van der Waals surface area (Å²) in [6.45, 7) is 2.06. The highest BCUT2D eigenvalue weighted by atomic mass is 35.5. The number of rotatable bonds is 3. The summed E-state index contributed by atoms with van der Waals surface area (Å²) in [6, 6.07) is 14.7. The number of aliphatic imine (C=N–C) groups is 1. The number of nitrogens with zero attached hydrogens (tertiary/aromatic N) is 1. The van der Waals surface area contributed by atoms with Gasteiger partial charge < -0.3 is 11.1 Å². The lowest BCUT2D eigenvalue weighted by molar-refractivity contribution is 0.102. The molecule has 124 valence electrons. The van der Waals surface area contributed by atoms with Crippen molar-refractivity contribution in [1.29, 1.82) is 0 Å². The van der Waals surface area contributed by atoms with Gasteiger partial charge in [0.25, 0.3) is 5.91 Å². The highest BCUT2D eigenvalue weighted by molar-refractivity contribution is 8.13. The van der Waals surface area contributed by atoms with Crippen LogP contribution >= 0.6 is 23.4 Å². The van der Waals surface area contributed by atoms with Crippen LogP contribution in [0.15, 0.2) is 53.5 Å². The Morgan fingerprint density at radius 1 is 1.29 bits per heavy atom. The van der Waals surface area contributed by atoms with Gasteiger partial charge in [-0.2, -0.15) is 0 Å². The molecule has 4 nitrogen and oxygen atoms in total. The lowest BCUT2D eigenvalue weighted by Crippen LogP contribution is -2.28. The maximum atomic E-state index is 12.4. The molecule has 3 rings (SSSR count). The van der Waals surface area contributed by atoms with Gasteiger partial charge in [-0.15, -0.1) is 0 Å². The molecule has 0 spiro atoms. The van der Waals surface area contributed by atoms with Gasteiger partial charge in [0.05, 0.1) is 16.1 Å². The van der Waals surface area contributed by atoms with E-state index in [0.717, 1.165) is 17.7 Å². The van der Waals surface area contributed by atoms with E-state index in [0.29, 0.717) is 21.4 Å². The number of benzene rings is 2. The molecule has 0 saturated heterocycles. The van der Waals surface area contributed by atoms with Crippen molar-refractivity contribution in [2.45, 2.75) is 18.9 Å². The molecule has 0 radical (unpaired) electrons. The molecule has 1 heterocycles. The topological polar surface area (TPSA) is 67.5 Å². The first kappa shape index (κ1) is 16.9. The zero-order chi connectivity index (χ0) is 17.2. The van der Waals surface area contributed by atoms with Crippen LogP contribution in [0.4, 0.5) is 5.69 Å². The van der Waals surface area contributed by atoms with Gasteiger partial charge in [-0.05, 0) is 43.2 Å². The molecule has 1 aliphatic heterocycles. The largest absolute Gasteiger partial charge is 0.379 e. The van der Waals surface area contributed by atoms with Gasteiger partial charge in [-0.25, -0.2) is 0 Å². The zero-order valence-electron chi connectivity index (χ0n) is 13.3. The van der Waals surface area contributed by atoms with Crippen LogP contribution in [0, 0.1) is 0 Å². The molecule has 0 saturated carbocycles. The van der Waals surface area contributed by atoms with Crippen LogP contribution in [0.5, 0.6) is 0 Å². The van der Waals surface area contributed by atoms with Crippen molar-refractivity contribution in [3.63, 3.8) is 0 Å². The van der Waals surface area contributed by atoms with Gasteiger partial charge >= 0.3 is 0 Å². The number of nitrogens with one attached hydrogen (secondary N) is 1. The average Bonchev–Trinajstić information content (AvgIpc) is 2.55. The second-order valence-electron chi connectivity index (χ2n) is 5.84. The summed E-state index contributed by atoms with van der Waals surface area (Å²) in [5.74, 6) is 0.701. The van der Waals surface area contributed by atoms with Crippen LogP contribution in [-0.4, -0.2) is 16.8 Å². The Labute approximate surface area is 150 Å². The standard InChI is InChI=1S/C18H18ClN3OS/c1-18(9-10-24-17(20)22-18)12-5-4-6-13(11-12)21-16(23)14-7-2-3-8-15(14)19/h2-8,11H,9-10H2,1H3,(H2,20,22)(H,21,23). The maximum absolute atomic E-state index is 12.4. The van der Waals surface area contributed by atoms with Gasteiger partial charge in [0.15, 0.2) is 5.17 Å². The third-order valence-electron chi connectivity index (χ3n) is 4.06. The highest BCUT2D eigenvalue weighted by Crippen LogP contribution is 2.35. The van der Waals surface area contributed by atoms with Gasteiger partial charge in [0.1, 0.15) is 0 Å². The smallest absolute Gasteiger partial charge is 0.257 e. The molecule has 1 atom stereocenters. The van der Waals surface area contributed by atoms with Crippen LogP contribution in [0.25, 0.3) is 0 Å². The number of hydrogen-bond donors (Lipinski definition) is 2. The molecule has 1 unspecified atom stereocenters. The second-order valence-corrected chi connectivity index (χ2v) is 7.36. The maximum Gasteiger partial charge on any atom is 0.257 e. The van der Waals surface area contributed by atoms with E-state index in [1.54, 1.807) is 36.0 Å². The predicted octanol–water partition coefficient (Wildman–Crippen LogP) is 4.26. The molecule has 0 bridgehead atoms. The zero-order valence-corrected chi connectivity index (χ0v) is 14.8. The predicted molar refractivity (Wildman–Crippen MR) is 102 cm³/mol. The van der Waals surface area contributed by atoms with E-state index < -0.39 is 0 Å². The Morgan fingerprint density at radius 3 is 2.83 bits per heavy atom. The summed E-state index contributed by atoms with van der Waals surface area (Å²) in [7, 11) is 0. The fraction of sp³-hybridized carbons (Fsp3) is 0.222. The first-order valence-electron chi connectivity index (χ1n) is 7.62. The van der Waals surface area contributed by atoms with Gasteiger partial charge in [0.2, 0.25) is 0 Å². The van der Waals surface area contributed by atoms with Crippen LogP contribution < -0.4 is 11.1 Å². The van der Waals surface area contributed by atoms with Crippen molar-refractivity contribution < 1.29 is 4.79 Å². The number of anilines is 1. The van der Waals surface area contributed by atoms with Crippen molar-refractivity contribution in [2.75, 3.05) is 11.1 Å². The summed E-state index contributed by atoms with van der Waals surface area (Å²) in [5, 5.41) is 3.93. The van der Waals surface area contributed by atoms with Crippen LogP contribution in [-0.2, 0) is 5.54 Å².